The average molecular weight is 502 g/mol. The first-order valence-electron chi connectivity index (χ1n) is 12.5. The van der Waals surface area contributed by atoms with Gasteiger partial charge in [0.2, 0.25) is 5.91 Å². The van der Waals surface area contributed by atoms with Crippen LogP contribution in [0.2, 0.25) is 0 Å². The molecule has 38 heavy (non-hydrogen) atoms. The first-order valence-corrected chi connectivity index (χ1v) is 12.5. The van der Waals surface area contributed by atoms with Crippen LogP contribution < -0.4 is 5.32 Å². The molecule has 0 saturated carbocycles. The van der Waals surface area contributed by atoms with Crippen LogP contribution >= 0.6 is 0 Å². The molecule has 0 spiro atoms. The predicted octanol–water partition coefficient (Wildman–Crippen LogP) is 6.60. The molecule has 0 aliphatic heterocycles. The smallest absolute Gasteiger partial charge is 0.224 e. The molecule has 0 radical (unpaired) electrons. The normalized spacial score (nSPS) is 11.8. The number of amides is 1. The number of rotatable bonds is 5. The molecule has 0 bridgehead atoms. The Morgan fingerprint density at radius 1 is 0.842 bits per heavy atom. The minimum absolute atomic E-state index is 0.0250. The number of carbonyl (C=O) groups is 1. The first kappa shape index (κ1) is 23.5. The van der Waals surface area contributed by atoms with Gasteiger partial charge in [-0.05, 0) is 53.4 Å². The van der Waals surface area contributed by atoms with E-state index < -0.39 is 0 Å². The first-order chi connectivity index (χ1) is 18.3. The Bertz CT molecular complexity index is 1780. The standard InChI is InChI=1S/C30H27N7O/c1-30(2,3)14-27(38)34-21-11-20(16-32-17-21)18-6-7-25-22(12-18)29(37-36-25)26-13-23-24(35-26)8-10-33-28(23)19-5-4-9-31-15-19/h4-13,15-17,35H,14H2,1-3H3,(H,34,38)(H,36,37). The van der Waals surface area contributed by atoms with Crippen molar-refractivity contribution in [1.82, 2.24) is 30.1 Å². The molecule has 5 aromatic heterocycles. The highest BCUT2D eigenvalue weighted by atomic mass is 16.1. The van der Waals surface area contributed by atoms with Crippen LogP contribution in [0, 0.1) is 5.41 Å². The van der Waals surface area contributed by atoms with E-state index in [0.29, 0.717) is 12.1 Å². The Balaban J connectivity index is 1.36. The maximum atomic E-state index is 12.4. The zero-order valence-electron chi connectivity index (χ0n) is 21.4. The van der Waals surface area contributed by atoms with Gasteiger partial charge in [-0.25, -0.2) is 0 Å². The third kappa shape index (κ3) is 4.64. The van der Waals surface area contributed by atoms with E-state index in [9.17, 15) is 4.79 Å². The van der Waals surface area contributed by atoms with Gasteiger partial charge in [0.25, 0.3) is 0 Å². The number of hydrogen-bond donors (Lipinski definition) is 3. The lowest BCUT2D eigenvalue weighted by Crippen LogP contribution is -2.19. The third-order valence-electron chi connectivity index (χ3n) is 6.35. The molecule has 6 rings (SSSR count). The van der Waals surface area contributed by atoms with Crippen LogP contribution in [0.15, 0.2) is 79.5 Å². The second kappa shape index (κ2) is 9.23. The van der Waals surface area contributed by atoms with Gasteiger partial charge in [-0.15, -0.1) is 0 Å². The lowest BCUT2D eigenvalue weighted by Gasteiger charge is -2.17. The maximum absolute atomic E-state index is 12.4. The number of hydrogen-bond acceptors (Lipinski definition) is 5. The monoisotopic (exact) mass is 501 g/mol. The Morgan fingerprint density at radius 2 is 1.68 bits per heavy atom. The Labute approximate surface area is 219 Å². The van der Waals surface area contributed by atoms with Crippen molar-refractivity contribution >= 4 is 33.4 Å². The van der Waals surface area contributed by atoms with Crippen molar-refractivity contribution in [2.24, 2.45) is 5.41 Å². The summed E-state index contributed by atoms with van der Waals surface area (Å²) < 4.78 is 0. The van der Waals surface area contributed by atoms with Crippen molar-refractivity contribution in [2.75, 3.05) is 5.32 Å². The summed E-state index contributed by atoms with van der Waals surface area (Å²) in [6.45, 7) is 6.13. The fourth-order valence-corrected chi connectivity index (χ4v) is 4.67. The minimum Gasteiger partial charge on any atom is -0.353 e. The van der Waals surface area contributed by atoms with E-state index >= 15 is 0 Å². The maximum Gasteiger partial charge on any atom is 0.224 e. The van der Waals surface area contributed by atoms with E-state index in [1.54, 1.807) is 24.8 Å². The summed E-state index contributed by atoms with van der Waals surface area (Å²) in [7, 11) is 0. The summed E-state index contributed by atoms with van der Waals surface area (Å²) in [5, 5.41) is 12.7. The van der Waals surface area contributed by atoms with Gasteiger partial charge in [0, 0.05) is 58.6 Å². The van der Waals surface area contributed by atoms with Crippen molar-refractivity contribution in [3.05, 3.63) is 79.5 Å². The number of nitrogens with zero attached hydrogens (tertiary/aromatic N) is 4. The van der Waals surface area contributed by atoms with Crippen molar-refractivity contribution in [1.29, 1.82) is 0 Å². The number of aromatic nitrogens is 6. The molecule has 6 aromatic rings. The second-order valence-electron chi connectivity index (χ2n) is 10.6. The zero-order valence-corrected chi connectivity index (χ0v) is 21.4. The molecule has 0 unspecified atom stereocenters. The van der Waals surface area contributed by atoms with E-state index in [1.165, 1.54) is 0 Å². The molecule has 1 amide bonds. The number of benzene rings is 1. The Kier molecular flexibility index (Phi) is 5.72. The number of H-pyrrole nitrogens is 2. The van der Waals surface area contributed by atoms with Gasteiger partial charge in [-0.2, -0.15) is 5.10 Å². The van der Waals surface area contributed by atoms with Gasteiger partial charge in [0.15, 0.2) is 0 Å². The fraction of sp³-hybridized carbons (Fsp3) is 0.167. The number of carbonyl (C=O) groups excluding carboxylic acids is 1. The van der Waals surface area contributed by atoms with Gasteiger partial charge in [-0.1, -0.05) is 26.8 Å². The number of fused-ring (bicyclic) bond motifs is 2. The lowest BCUT2D eigenvalue weighted by atomic mass is 9.92. The summed E-state index contributed by atoms with van der Waals surface area (Å²) in [6, 6.07) is 16.0. The molecular weight excluding hydrogens is 474 g/mol. The number of aromatic amines is 2. The van der Waals surface area contributed by atoms with Gasteiger partial charge in [-0.3, -0.25) is 24.8 Å². The summed E-state index contributed by atoms with van der Waals surface area (Å²) in [4.78, 5) is 29.2. The van der Waals surface area contributed by atoms with Gasteiger partial charge >= 0.3 is 0 Å². The molecule has 0 saturated heterocycles. The summed E-state index contributed by atoms with van der Waals surface area (Å²) in [5.74, 6) is -0.0250. The Hall–Kier alpha value is -4.85. The summed E-state index contributed by atoms with van der Waals surface area (Å²) in [6.07, 6.45) is 9.28. The van der Waals surface area contributed by atoms with Gasteiger partial charge < -0.3 is 10.3 Å². The van der Waals surface area contributed by atoms with Crippen LogP contribution in [0.3, 0.4) is 0 Å². The topological polar surface area (TPSA) is 112 Å². The summed E-state index contributed by atoms with van der Waals surface area (Å²) >= 11 is 0. The molecule has 0 fully saturated rings. The van der Waals surface area contributed by atoms with Crippen LogP contribution in [0.1, 0.15) is 27.2 Å². The van der Waals surface area contributed by atoms with Crippen molar-refractivity contribution < 1.29 is 4.79 Å². The van der Waals surface area contributed by atoms with Gasteiger partial charge in [0.1, 0.15) is 5.69 Å². The van der Waals surface area contributed by atoms with Crippen molar-refractivity contribution in [3.63, 3.8) is 0 Å². The van der Waals surface area contributed by atoms with E-state index in [-0.39, 0.29) is 11.3 Å². The molecule has 8 nitrogen and oxygen atoms in total. The minimum atomic E-state index is -0.0880. The lowest BCUT2D eigenvalue weighted by molar-refractivity contribution is -0.117. The predicted molar refractivity (Wildman–Crippen MR) is 150 cm³/mol. The molecule has 0 atom stereocenters. The van der Waals surface area contributed by atoms with E-state index in [4.69, 9.17) is 0 Å². The fourth-order valence-electron chi connectivity index (χ4n) is 4.67. The number of nitrogens with one attached hydrogen (secondary N) is 3. The average Bonchev–Trinajstić information content (AvgIpc) is 3.51. The number of pyridine rings is 3. The highest BCUT2D eigenvalue weighted by molar-refractivity contribution is 6.01. The summed E-state index contributed by atoms with van der Waals surface area (Å²) in [5.41, 5.74) is 7.92. The largest absolute Gasteiger partial charge is 0.353 e. The molecule has 1 aromatic carbocycles. The van der Waals surface area contributed by atoms with Crippen LogP contribution in [-0.2, 0) is 4.79 Å². The SMILES string of the molecule is CC(C)(C)CC(=O)Nc1cncc(-c2ccc3[nH]nc(-c4cc5c(-c6cccnc6)nccc5[nH]4)c3c2)c1. The molecule has 3 N–H and O–H groups in total. The van der Waals surface area contributed by atoms with E-state index in [1.807, 2.05) is 63.4 Å². The molecule has 8 heteroatoms. The van der Waals surface area contributed by atoms with Crippen molar-refractivity contribution in [3.8, 4) is 33.8 Å². The molecule has 5 heterocycles. The van der Waals surface area contributed by atoms with Crippen LogP contribution in [-0.4, -0.2) is 36.0 Å². The van der Waals surface area contributed by atoms with E-state index in [2.05, 4.69) is 47.6 Å². The third-order valence-corrected chi connectivity index (χ3v) is 6.35. The second-order valence-corrected chi connectivity index (χ2v) is 10.6. The Morgan fingerprint density at radius 3 is 2.50 bits per heavy atom. The highest BCUT2D eigenvalue weighted by Crippen LogP contribution is 2.34. The van der Waals surface area contributed by atoms with Crippen LogP contribution in [0.4, 0.5) is 5.69 Å². The van der Waals surface area contributed by atoms with Crippen LogP contribution in [0.5, 0.6) is 0 Å². The van der Waals surface area contributed by atoms with Gasteiger partial charge in [0.05, 0.1) is 28.8 Å². The number of anilines is 1. The van der Waals surface area contributed by atoms with Crippen LogP contribution in [0.25, 0.3) is 55.6 Å². The molecule has 0 aliphatic rings. The molecule has 0 aliphatic carbocycles. The van der Waals surface area contributed by atoms with E-state index in [0.717, 1.165) is 55.6 Å². The van der Waals surface area contributed by atoms with Crippen molar-refractivity contribution in [2.45, 2.75) is 27.2 Å². The highest BCUT2D eigenvalue weighted by Gasteiger charge is 2.17. The molecular formula is C30H27N7O. The zero-order chi connectivity index (χ0) is 26.3. The quantitative estimate of drug-likeness (QED) is 0.246. The molecule has 188 valence electrons.